The van der Waals surface area contributed by atoms with Crippen LogP contribution in [0.1, 0.15) is 0 Å². The van der Waals surface area contributed by atoms with E-state index in [-0.39, 0.29) is 0 Å². The van der Waals surface area contributed by atoms with Crippen molar-refractivity contribution in [1.29, 1.82) is 0 Å². The third kappa shape index (κ3) is 5.62. The van der Waals surface area contributed by atoms with E-state index < -0.39 is 0 Å². The molecule has 0 saturated heterocycles. The van der Waals surface area contributed by atoms with Crippen molar-refractivity contribution in [1.82, 2.24) is 4.57 Å². The first kappa shape index (κ1) is 31.6. The molecule has 1 aromatic heterocycles. The molecule has 0 aliphatic rings. The molecule has 0 N–H and O–H groups in total. The van der Waals surface area contributed by atoms with Crippen LogP contribution < -0.4 is 4.90 Å². The van der Waals surface area contributed by atoms with Crippen molar-refractivity contribution in [2.24, 2.45) is 0 Å². The summed E-state index contributed by atoms with van der Waals surface area (Å²) in [6, 6.07) is 78.8. The van der Waals surface area contributed by atoms with E-state index in [1.54, 1.807) is 0 Å². The third-order valence-corrected chi connectivity index (χ3v) is 10.6. The molecule has 254 valence electrons. The van der Waals surface area contributed by atoms with Crippen LogP contribution in [0.15, 0.2) is 218 Å². The second-order valence-corrected chi connectivity index (χ2v) is 13.8. The van der Waals surface area contributed by atoms with Crippen LogP contribution >= 0.6 is 0 Å². The average Bonchev–Trinajstić information content (AvgIpc) is 3.59. The first-order valence-electron chi connectivity index (χ1n) is 18.5. The van der Waals surface area contributed by atoms with Crippen molar-refractivity contribution in [3.8, 4) is 39.1 Å². The number of para-hydroxylation sites is 1. The second-order valence-electron chi connectivity index (χ2n) is 13.8. The minimum atomic E-state index is 1.11. The molecule has 1 heterocycles. The van der Waals surface area contributed by atoms with Crippen molar-refractivity contribution in [2.75, 3.05) is 4.90 Å². The summed E-state index contributed by atoms with van der Waals surface area (Å²) < 4.78 is 2.39. The van der Waals surface area contributed by atoms with Crippen LogP contribution in [0.25, 0.3) is 71.6 Å². The van der Waals surface area contributed by atoms with E-state index in [1.165, 1.54) is 66.0 Å². The Kier molecular flexibility index (Phi) is 7.85. The maximum absolute atomic E-state index is 2.39. The Balaban J connectivity index is 1.01. The lowest BCUT2D eigenvalue weighted by Crippen LogP contribution is -2.10. The molecular formula is C52H36N2. The SMILES string of the molecule is c1ccc(-c2ccc(N(c3ccc(-c4ccc(-n5c6ccccc6c6cc(-c7ccccc7)ccc65)cc4)cc3)c3cccc4ccccc34)cc2)cc1. The highest BCUT2D eigenvalue weighted by Gasteiger charge is 2.17. The molecule has 9 aromatic carbocycles. The molecule has 10 aromatic rings. The fourth-order valence-electron chi connectivity index (χ4n) is 7.93. The number of fused-ring (bicyclic) bond motifs is 4. The van der Waals surface area contributed by atoms with Gasteiger partial charge in [-0.2, -0.15) is 0 Å². The molecule has 0 aliphatic heterocycles. The molecule has 0 spiro atoms. The van der Waals surface area contributed by atoms with E-state index in [4.69, 9.17) is 0 Å². The average molecular weight is 689 g/mol. The Morgan fingerprint density at radius 2 is 0.759 bits per heavy atom. The molecule has 54 heavy (non-hydrogen) atoms. The molecular weight excluding hydrogens is 653 g/mol. The molecule has 0 radical (unpaired) electrons. The van der Waals surface area contributed by atoms with Gasteiger partial charge in [0.15, 0.2) is 0 Å². The van der Waals surface area contributed by atoms with Crippen LogP contribution in [-0.2, 0) is 0 Å². The van der Waals surface area contributed by atoms with E-state index in [2.05, 4.69) is 228 Å². The Morgan fingerprint density at radius 3 is 1.41 bits per heavy atom. The second kappa shape index (κ2) is 13.4. The summed E-state index contributed by atoms with van der Waals surface area (Å²) >= 11 is 0. The fourth-order valence-corrected chi connectivity index (χ4v) is 7.93. The summed E-state index contributed by atoms with van der Waals surface area (Å²) in [6.07, 6.45) is 0. The van der Waals surface area contributed by atoms with Crippen LogP contribution in [0.2, 0.25) is 0 Å². The zero-order valence-corrected chi connectivity index (χ0v) is 29.7. The van der Waals surface area contributed by atoms with Gasteiger partial charge in [0.2, 0.25) is 0 Å². The smallest absolute Gasteiger partial charge is 0.0541 e. The van der Waals surface area contributed by atoms with Gasteiger partial charge in [-0.1, -0.05) is 158 Å². The Morgan fingerprint density at radius 1 is 0.296 bits per heavy atom. The van der Waals surface area contributed by atoms with Gasteiger partial charge in [0.25, 0.3) is 0 Å². The number of benzene rings is 9. The van der Waals surface area contributed by atoms with Crippen LogP contribution in [-0.4, -0.2) is 4.57 Å². The fraction of sp³-hybridized carbons (Fsp3) is 0. The van der Waals surface area contributed by atoms with Gasteiger partial charge in [-0.25, -0.2) is 0 Å². The summed E-state index contributed by atoms with van der Waals surface area (Å²) in [5.41, 5.74) is 14.2. The highest BCUT2D eigenvalue weighted by molar-refractivity contribution is 6.10. The number of rotatable bonds is 7. The molecule has 0 saturated carbocycles. The van der Waals surface area contributed by atoms with Gasteiger partial charge in [0, 0.05) is 33.2 Å². The van der Waals surface area contributed by atoms with Gasteiger partial charge in [-0.3, -0.25) is 0 Å². The molecule has 0 aliphatic carbocycles. The van der Waals surface area contributed by atoms with Crippen LogP contribution in [0.3, 0.4) is 0 Å². The monoisotopic (exact) mass is 688 g/mol. The predicted molar refractivity (Wildman–Crippen MR) is 229 cm³/mol. The largest absolute Gasteiger partial charge is 0.310 e. The Bertz CT molecular complexity index is 2880. The quantitative estimate of drug-likeness (QED) is 0.162. The number of anilines is 3. The lowest BCUT2D eigenvalue weighted by molar-refractivity contribution is 1.18. The Labute approximate surface area is 315 Å². The first-order chi connectivity index (χ1) is 26.8. The van der Waals surface area contributed by atoms with Crippen molar-refractivity contribution in [2.45, 2.75) is 0 Å². The highest BCUT2D eigenvalue weighted by atomic mass is 15.1. The summed E-state index contributed by atoms with van der Waals surface area (Å²) in [5.74, 6) is 0. The van der Waals surface area contributed by atoms with Gasteiger partial charge in [0.1, 0.15) is 0 Å². The van der Waals surface area contributed by atoms with E-state index in [1.807, 2.05) is 0 Å². The maximum atomic E-state index is 2.39. The summed E-state index contributed by atoms with van der Waals surface area (Å²) in [4.78, 5) is 2.37. The molecule has 0 amide bonds. The summed E-state index contributed by atoms with van der Waals surface area (Å²) in [6.45, 7) is 0. The zero-order chi connectivity index (χ0) is 35.8. The van der Waals surface area contributed by atoms with Gasteiger partial charge in [-0.05, 0) is 99.4 Å². The molecule has 0 bridgehead atoms. The van der Waals surface area contributed by atoms with Gasteiger partial charge >= 0.3 is 0 Å². The molecule has 10 rings (SSSR count). The zero-order valence-electron chi connectivity index (χ0n) is 29.7. The van der Waals surface area contributed by atoms with Crippen LogP contribution in [0, 0.1) is 0 Å². The van der Waals surface area contributed by atoms with E-state index in [0.717, 1.165) is 22.7 Å². The summed E-state index contributed by atoms with van der Waals surface area (Å²) in [7, 11) is 0. The summed E-state index contributed by atoms with van der Waals surface area (Å²) in [5, 5.41) is 4.96. The van der Waals surface area contributed by atoms with Crippen molar-refractivity contribution in [3.63, 3.8) is 0 Å². The minimum absolute atomic E-state index is 1.11. The van der Waals surface area contributed by atoms with Crippen molar-refractivity contribution < 1.29 is 0 Å². The highest BCUT2D eigenvalue weighted by Crippen LogP contribution is 2.41. The minimum Gasteiger partial charge on any atom is -0.310 e. The third-order valence-electron chi connectivity index (χ3n) is 10.6. The Hall–Kier alpha value is -7.16. The first-order valence-corrected chi connectivity index (χ1v) is 18.5. The van der Waals surface area contributed by atoms with Crippen molar-refractivity contribution >= 4 is 49.6 Å². The van der Waals surface area contributed by atoms with Crippen LogP contribution in [0.4, 0.5) is 17.1 Å². The normalized spacial score (nSPS) is 11.3. The topological polar surface area (TPSA) is 8.17 Å². The van der Waals surface area contributed by atoms with Gasteiger partial charge in [0.05, 0.1) is 16.7 Å². The van der Waals surface area contributed by atoms with Gasteiger partial charge < -0.3 is 9.47 Å². The number of hydrogen-bond acceptors (Lipinski definition) is 1. The van der Waals surface area contributed by atoms with E-state index in [0.29, 0.717) is 0 Å². The van der Waals surface area contributed by atoms with Crippen LogP contribution in [0.5, 0.6) is 0 Å². The molecule has 0 fully saturated rings. The number of nitrogens with zero attached hydrogens (tertiary/aromatic N) is 2. The maximum Gasteiger partial charge on any atom is 0.0541 e. The molecule has 0 unspecified atom stereocenters. The number of hydrogen-bond donors (Lipinski definition) is 0. The lowest BCUT2D eigenvalue weighted by Gasteiger charge is -2.27. The molecule has 2 heteroatoms. The molecule has 2 nitrogen and oxygen atoms in total. The van der Waals surface area contributed by atoms with E-state index in [9.17, 15) is 0 Å². The standard InChI is InChI=1S/C52H36N2/c1-3-12-37(13-4-1)39-22-29-44(30-23-39)53(50-21-11-17-42-16-7-8-18-47(42)50)45-31-24-40(25-32-45)41-26-33-46(34-27-41)54-51-20-10-9-19-48(51)49-36-43(28-35-52(49)54)38-14-5-2-6-15-38/h1-36H. The molecule has 0 atom stereocenters. The predicted octanol–water partition coefficient (Wildman–Crippen LogP) is 14.4. The number of aromatic nitrogens is 1. The van der Waals surface area contributed by atoms with Gasteiger partial charge in [-0.15, -0.1) is 0 Å². The van der Waals surface area contributed by atoms with Crippen molar-refractivity contribution in [3.05, 3.63) is 218 Å². The van der Waals surface area contributed by atoms with E-state index >= 15 is 0 Å². The lowest BCUT2D eigenvalue weighted by atomic mass is 10.0.